The third-order valence-electron chi connectivity index (χ3n) is 1.27. The van der Waals surface area contributed by atoms with E-state index in [4.69, 9.17) is 0 Å². The van der Waals surface area contributed by atoms with Gasteiger partial charge in [-0.3, -0.25) is 9.59 Å². The zero-order valence-electron chi connectivity index (χ0n) is 10.4. The Morgan fingerprint density at radius 2 is 1.94 bits per heavy atom. The minimum atomic E-state index is -0.500. The Morgan fingerprint density at radius 1 is 1.38 bits per heavy atom. The predicted octanol–water partition coefficient (Wildman–Crippen LogP) is 3.32. The van der Waals surface area contributed by atoms with Gasteiger partial charge < -0.3 is 4.74 Å². The normalized spacial score (nSPS) is 9.25. The van der Waals surface area contributed by atoms with Gasteiger partial charge in [-0.15, -0.1) is 0 Å². The van der Waals surface area contributed by atoms with Crippen LogP contribution >= 0.6 is 11.8 Å². The van der Waals surface area contributed by atoms with E-state index in [1.54, 1.807) is 18.4 Å². The molecule has 0 spiro atoms. The summed E-state index contributed by atoms with van der Waals surface area (Å²) in [4.78, 5) is 22.6. The number of esters is 1. The number of carbonyl (C=O) groups is 2. The van der Waals surface area contributed by atoms with Gasteiger partial charge in [-0.1, -0.05) is 38.3 Å². The summed E-state index contributed by atoms with van der Waals surface area (Å²) >= 11 is 1.21. The summed E-state index contributed by atoms with van der Waals surface area (Å²) in [5, 5.41) is 1.74. The molecule has 0 aliphatic carbocycles. The Hall–Kier alpha value is -1.03. The molecule has 0 fully saturated rings. The number of rotatable bonds is 6. The van der Waals surface area contributed by atoms with Crippen LogP contribution in [0.4, 0.5) is 0 Å². The van der Waals surface area contributed by atoms with Crippen molar-refractivity contribution in [1.82, 2.24) is 0 Å². The van der Waals surface area contributed by atoms with Crippen molar-refractivity contribution in [2.45, 2.75) is 34.1 Å². The second-order valence-electron chi connectivity index (χ2n) is 2.42. The van der Waals surface area contributed by atoms with Crippen molar-refractivity contribution < 1.29 is 14.3 Å². The third kappa shape index (κ3) is 9.52. The first-order valence-corrected chi connectivity index (χ1v) is 6.15. The van der Waals surface area contributed by atoms with Crippen molar-refractivity contribution in [2.24, 2.45) is 0 Å². The number of hydrogen-bond acceptors (Lipinski definition) is 4. The molecule has 0 saturated carbocycles. The molecule has 0 amide bonds. The summed E-state index contributed by atoms with van der Waals surface area (Å²) in [6.07, 6.45) is 1.57. The van der Waals surface area contributed by atoms with Crippen molar-refractivity contribution in [3.05, 3.63) is 23.0 Å². The maximum atomic E-state index is 11.3. The quantitative estimate of drug-likeness (QED) is 0.408. The predicted molar refractivity (Wildman–Crippen MR) is 69.2 cm³/mol. The van der Waals surface area contributed by atoms with Gasteiger partial charge >= 0.3 is 5.97 Å². The van der Waals surface area contributed by atoms with Gasteiger partial charge in [-0.25, -0.2) is 0 Å². The molecule has 0 aliphatic heterocycles. The zero-order chi connectivity index (χ0) is 13.0. The first-order chi connectivity index (χ1) is 7.61. The van der Waals surface area contributed by atoms with Crippen LogP contribution in [0.2, 0.25) is 0 Å². The van der Waals surface area contributed by atoms with Crippen LogP contribution in [0.5, 0.6) is 0 Å². The van der Waals surface area contributed by atoms with Crippen molar-refractivity contribution in [2.75, 3.05) is 6.61 Å². The van der Waals surface area contributed by atoms with Crippen LogP contribution in [0, 0.1) is 0 Å². The van der Waals surface area contributed by atoms with Gasteiger partial charge in [0, 0.05) is 4.91 Å². The average molecular weight is 244 g/mol. The summed E-state index contributed by atoms with van der Waals surface area (Å²) in [7, 11) is 0. The molecule has 0 aromatic heterocycles. The smallest absolute Gasteiger partial charge is 0.313 e. The molecule has 3 nitrogen and oxygen atoms in total. The van der Waals surface area contributed by atoms with E-state index in [-0.39, 0.29) is 12.2 Å². The average Bonchev–Trinajstić information content (AvgIpc) is 2.28. The van der Waals surface area contributed by atoms with Gasteiger partial charge in [-0.05, 0) is 19.3 Å². The summed E-state index contributed by atoms with van der Waals surface area (Å²) in [5.41, 5.74) is 0. The van der Waals surface area contributed by atoms with E-state index in [2.05, 4.69) is 11.3 Å². The van der Waals surface area contributed by atoms with Crippen LogP contribution in [0.1, 0.15) is 34.1 Å². The molecule has 0 aromatic carbocycles. The number of ether oxygens (including phenoxy) is 1. The van der Waals surface area contributed by atoms with Crippen LogP contribution in [0.3, 0.4) is 0 Å². The van der Waals surface area contributed by atoms with Gasteiger partial charge in [0.15, 0.2) is 5.78 Å². The lowest BCUT2D eigenvalue weighted by Gasteiger charge is -2.01. The second kappa shape index (κ2) is 12.0. The number of ketones is 1. The summed E-state index contributed by atoms with van der Waals surface area (Å²) in [5.74, 6) is -0.786. The van der Waals surface area contributed by atoms with Gasteiger partial charge in [0.1, 0.15) is 6.42 Å². The fraction of sp³-hybridized carbons (Fsp3) is 0.500. The molecule has 16 heavy (non-hydrogen) atoms. The molecule has 0 N–H and O–H groups in total. The molecule has 0 aromatic rings. The maximum Gasteiger partial charge on any atom is 0.313 e. The molecule has 0 heterocycles. The molecule has 0 radical (unpaired) electrons. The molecule has 0 aliphatic rings. The lowest BCUT2D eigenvalue weighted by atomic mass is 10.3. The van der Waals surface area contributed by atoms with Gasteiger partial charge in [0.2, 0.25) is 0 Å². The minimum absolute atomic E-state index is 0.225. The molecule has 0 saturated heterocycles. The van der Waals surface area contributed by atoms with Gasteiger partial charge in [0.05, 0.1) is 6.61 Å². The highest BCUT2D eigenvalue weighted by molar-refractivity contribution is 8.06. The highest BCUT2D eigenvalue weighted by atomic mass is 32.2. The Kier molecular flexibility index (Phi) is 13.1. The van der Waals surface area contributed by atoms with E-state index < -0.39 is 5.97 Å². The minimum Gasteiger partial charge on any atom is -0.466 e. The molecular formula is C12H20O3S. The first-order valence-electron chi connectivity index (χ1n) is 5.27. The number of thioether (sulfide) groups is 1. The van der Waals surface area contributed by atoms with E-state index in [0.29, 0.717) is 11.5 Å². The maximum absolute atomic E-state index is 11.3. The molecule has 4 heteroatoms. The van der Waals surface area contributed by atoms with Crippen LogP contribution < -0.4 is 0 Å². The van der Waals surface area contributed by atoms with E-state index in [0.717, 1.165) is 0 Å². The molecular weight excluding hydrogens is 224 g/mol. The van der Waals surface area contributed by atoms with Crippen molar-refractivity contribution in [3.63, 3.8) is 0 Å². The Bertz CT molecular complexity index is 257. The third-order valence-corrected chi connectivity index (χ3v) is 2.19. The zero-order valence-corrected chi connectivity index (χ0v) is 11.2. The van der Waals surface area contributed by atoms with Crippen LogP contribution in [-0.4, -0.2) is 18.4 Å². The molecule has 0 atom stereocenters. The topological polar surface area (TPSA) is 43.4 Å². The van der Waals surface area contributed by atoms with Crippen LogP contribution in [0.15, 0.2) is 23.0 Å². The van der Waals surface area contributed by atoms with Gasteiger partial charge in [-0.2, -0.15) is 0 Å². The highest BCUT2D eigenvalue weighted by Gasteiger charge is 2.12. The van der Waals surface area contributed by atoms with E-state index >= 15 is 0 Å². The fourth-order valence-corrected chi connectivity index (χ4v) is 1.16. The lowest BCUT2D eigenvalue weighted by molar-refractivity contribution is -0.144. The van der Waals surface area contributed by atoms with Crippen molar-refractivity contribution in [1.29, 1.82) is 0 Å². The fourth-order valence-electron chi connectivity index (χ4n) is 0.658. The van der Waals surface area contributed by atoms with Crippen molar-refractivity contribution in [3.8, 4) is 0 Å². The molecule has 0 rings (SSSR count). The molecule has 0 bridgehead atoms. The first kappa shape index (κ1) is 17.4. The number of allylic oxidation sites excluding steroid dienone is 2. The van der Waals surface area contributed by atoms with E-state index in [1.165, 1.54) is 11.8 Å². The van der Waals surface area contributed by atoms with Gasteiger partial charge in [0.25, 0.3) is 0 Å². The Labute approximate surface area is 102 Å². The summed E-state index contributed by atoms with van der Waals surface area (Å²) < 4.78 is 4.64. The van der Waals surface area contributed by atoms with Crippen LogP contribution in [0.25, 0.3) is 0 Å². The summed E-state index contributed by atoms with van der Waals surface area (Å²) in [6.45, 7) is 11.4. The lowest BCUT2D eigenvalue weighted by Crippen LogP contribution is -2.11. The van der Waals surface area contributed by atoms with E-state index in [9.17, 15) is 9.59 Å². The standard InChI is InChI=1S/C10H14O3S.C2H6/c1-4-6-14-8(3)9(11)7-10(12)13-5-2;1-2/h4,6H,3,5,7H2,1-2H3;1-2H3/b6-4-;. The van der Waals surface area contributed by atoms with E-state index in [1.807, 2.05) is 20.8 Å². The van der Waals surface area contributed by atoms with Crippen LogP contribution in [-0.2, 0) is 14.3 Å². The highest BCUT2D eigenvalue weighted by Crippen LogP contribution is 2.17. The molecule has 92 valence electrons. The SMILES string of the molecule is C=C(S/C=C\C)C(=O)CC(=O)OCC.CC. The Morgan fingerprint density at radius 3 is 2.38 bits per heavy atom. The Balaban J connectivity index is 0. The second-order valence-corrected chi connectivity index (χ2v) is 3.42. The number of carbonyl (C=O) groups excluding carboxylic acids is 2. The monoisotopic (exact) mass is 244 g/mol. The molecule has 0 unspecified atom stereocenters. The van der Waals surface area contributed by atoms with Crippen molar-refractivity contribution >= 4 is 23.5 Å². The summed E-state index contributed by atoms with van der Waals surface area (Å²) in [6, 6.07) is 0. The number of Topliss-reactive ketones (excluding diaryl/α,β-unsaturated/α-hetero) is 1. The largest absolute Gasteiger partial charge is 0.466 e. The number of hydrogen-bond donors (Lipinski definition) is 0.